The monoisotopic (exact) mass is 1660 g/mol. The summed E-state index contributed by atoms with van der Waals surface area (Å²) < 4.78 is 44.1. The molecule has 116 heavy (non-hydrogen) atoms. The summed E-state index contributed by atoms with van der Waals surface area (Å²) in [7, 11) is 1.48. The van der Waals surface area contributed by atoms with Crippen LogP contribution in [0.1, 0.15) is 103 Å². The van der Waals surface area contributed by atoms with Crippen LogP contribution in [-0.2, 0) is 63.8 Å². The van der Waals surface area contributed by atoms with E-state index in [0.717, 1.165) is 65.2 Å². The number of aromatic hydroxyl groups is 3. The van der Waals surface area contributed by atoms with Crippen LogP contribution in [0.2, 0.25) is 15.1 Å². The molecule has 0 radical (unpaired) electrons. The molecule has 0 saturated carbocycles. The van der Waals surface area contributed by atoms with E-state index in [9.17, 15) is 75.0 Å². The van der Waals surface area contributed by atoms with E-state index in [1.807, 2.05) is 50.2 Å². The largest absolute Gasteiger partial charge is 0.508 e. The summed E-state index contributed by atoms with van der Waals surface area (Å²) in [6, 6.07) is 14.7. The van der Waals surface area contributed by atoms with Gasteiger partial charge < -0.3 is 132 Å². The van der Waals surface area contributed by atoms with Crippen molar-refractivity contribution in [2.45, 2.75) is 150 Å². The fraction of sp³-hybridized carbons (Fsp3) is 0.367. The van der Waals surface area contributed by atoms with Crippen molar-refractivity contribution in [3.8, 4) is 68.2 Å². The third-order valence-corrected chi connectivity index (χ3v) is 20.9. The lowest BCUT2D eigenvalue weighted by Gasteiger charge is -2.44. The van der Waals surface area contributed by atoms with Crippen molar-refractivity contribution in [2.75, 3.05) is 26.9 Å². The Morgan fingerprint density at radius 2 is 1.26 bits per heavy atom. The molecule has 7 aliphatic heterocycles. The molecule has 0 aromatic heterocycles. The molecule has 14 rings (SSSR count). The first-order valence-corrected chi connectivity index (χ1v) is 37.8. The fourth-order valence-corrected chi connectivity index (χ4v) is 14.7. The molecule has 37 heteroatoms. The Hall–Kier alpha value is -10.5. The van der Waals surface area contributed by atoms with Crippen LogP contribution in [0.4, 0.5) is 0 Å². The van der Waals surface area contributed by atoms with Crippen LogP contribution in [0.15, 0.2) is 127 Å². The average molecular weight is 1670 g/mol. The molecule has 17 atom stereocenters. The molecule has 7 aromatic carbocycles. The van der Waals surface area contributed by atoms with E-state index in [4.69, 9.17) is 73.7 Å². The number of nitrogens with two attached hydrogens (primary N) is 1. The van der Waals surface area contributed by atoms with Gasteiger partial charge in [-0.05, 0) is 125 Å². The number of rotatable bonds is 20. The van der Waals surface area contributed by atoms with Crippen molar-refractivity contribution in [1.29, 1.82) is 0 Å². The lowest BCUT2D eigenvalue weighted by molar-refractivity contribution is -0.352. The Labute approximate surface area is 676 Å². The quantitative estimate of drug-likeness (QED) is 0.0482. The maximum Gasteiger partial charge on any atom is 0.330 e. The number of aliphatic hydroxyl groups excluding tert-OH is 6. The number of fused-ring (bicyclic) bond motifs is 15. The van der Waals surface area contributed by atoms with Gasteiger partial charge in [0.05, 0.1) is 35.7 Å². The first-order valence-electron chi connectivity index (χ1n) is 36.7. The maximum atomic E-state index is 16.0. The average Bonchev–Trinajstić information content (AvgIpc) is 0.767. The number of primary amides is 1. The number of amides is 7. The highest BCUT2D eigenvalue weighted by Crippen LogP contribution is 2.49. The summed E-state index contributed by atoms with van der Waals surface area (Å²) in [6.07, 6.45) is -15.9. The Bertz CT molecular complexity index is 4860. The number of hydrogen-bond acceptors (Lipinski definition) is 26. The molecule has 0 aliphatic carbocycles. The first-order chi connectivity index (χ1) is 55.3. The van der Waals surface area contributed by atoms with Crippen molar-refractivity contribution >= 4 is 82.1 Å². The van der Waals surface area contributed by atoms with Crippen LogP contribution >= 0.6 is 34.8 Å². The van der Waals surface area contributed by atoms with Gasteiger partial charge in [-0.2, -0.15) is 0 Å². The minimum absolute atomic E-state index is 0.0861. The highest BCUT2D eigenvalue weighted by Gasteiger charge is 2.49. The minimum atomic E-state index is -2.29. The van der Waals surface area contributed by atoms with Gasteiger partial charge in [-0.1, -0.05) is 103 Å². The van der Waals surface area contributed by atoms with Gasteiger partial charge in [-0.3, -0.25) is 33.6 Å². The van der Waals surface area contributed by atoms with E-state index in [2.05, 4.69) is 42.5 Å². The molecule has 7 aromatic rings. The molecule has 0 unspecified atom stereocenters. The van der Waals surface area contributed by atoms with Gasteiger partial charge in [0.1, 0.15) is 102 Å². The number of nitrogens with one attached hydrogen (secondary N) is 8. The number of aliphatic carboxylic acids is 1. The number of phenolic OH excluding ortho intramolecular Hbond substituents is 3. The number of ether oxygens (including phenoxy) is 7. The molecular weight excluding hydrogens is 1580 g/mol. The van der Waals surface area contributed by atoms with E-state index in [0.29, 0.717) is 11.6 Å². The Morgan fingerprint density at radius 1 is 0.638 bits per heavy atom. The summed E-state index contributed by atoms with van der Waals surface area (Å²) in [5, 5.41) is 135. The van der Waals surface area contributed by atoms with Crippen molar-refractivity contribution in [1.82, 2.24) is 42.5 Å². The molecule has 0 spiro atoms. The molecule has 616 valence electrons. The van der Waals surface area contributed by atoms with Crippen molar-refractivity contribution in [3.63, 3.8) is 0 Å². The summed E-state index contributed by atoms with van der Waals surface area (Å²) in [5.41, 5.74) is 5.92. The zero-order chi connectivity index (χ0) is 83.2. The van der Waals surface area contributed by atoms with E-state index < -0.39 is 234 Å². The van der Waals surface area contributed by atoms with Crippen LogP contribution in [0.5, 0.6) is 46.0 Å². The van der Waals surface area contributed by atoms with E-state index >= 15 is 14.4 Å². The standard InChI is InChI=1S/C79H84Cl3N9O25/c1-33(2)20-48(84-3)72(102)90-64-66(98)38-11-16-52(46(81)22-38)112-54-24-40-25-55(70(54)110-18-19-111-79-71(69(101)68(100)56(32-92)114-79)116-59-27-42(26-58(97)115-59)85-31-34-4-6-35(7-5-34)36-8-13-41(80)14-9-36)113-53-17-12-39(23-47(53)82)67(99)65-77(107)89-63(78(108)109)45-28-43(93)29-51(95)60(45)44-21-37(10-15-50(44)94)61(74(104)91-65)88-75(105)62(40)87-73(103)49(30-57(83)96)86-76(64)106/h4-17,21-25,28-29,33,42,48-49,56,58-59,61-69,71,79,84-85,92-95,97-101H,18-20,26-27,30-32H2,1-3H3,(H2,83,96)(H,86,106)(H,87,103)(H,88,105)(H,89,107)(H,90,102)(H,91,104)(H,108,109)/t42-,48+,49-,56+,58+,59-,61+,62+,63-,64+,65-,66+,67+,68+,69-,71+,79+/m0/s1. The molecule has 7 heterocycles. The van der Waals surface area contributed by atoms with E-state index in [-0.39, 0.29) is 63.4 Å². The normalized spacial score (nSPS) is 25.8. The van der Waals surface area contributed by atoms with Crippen LogP contribution < -0.4 is 62.5 Å². The minimum Gasteiger partial charge on any atom is -0.508 e. The van der Waals surface area contributed by atoms with Gasteiger partial charge in [-0.25, -0.2) is 4.79 Å². The number of aliphatic hydroxyl groups is 6. The van der Waals surface area contributed by atoms with Crippen molar-refractivity contribution in [2.24, 2.45) is 11.7 Å². The van der Waals surface area contributed by atoms with Crippen LogP contribution in [0.25, 0.3) is 22.3 Å². The van der Waals surface area contributed by atoms with Gasteiger partial charge in [0.25, 0.3) is 0 Å². The number of carbonyl (C=O) groups is 8. The molecular formula is C79H84Cl3N9O25. The van der Waals surface area contributed by atoms with Crippen molar-refractivity contribution < 1.29 is 123 Å². The number of benzene rings is 7. The Balaban J connectivity index is 0.955. The molecule has 7 amide bonds. The number of carboxylic acid groups (broad SMARTS) is 1. The molecule has 34 nitrogen and oxygen atoms in total. The number of hydrogen-bond donors (Lipinski definition) is 19. The second kappa shape index (κ2) is 36.8. The van der Waals surface area contributed by atoms with Crippen molar-refractivity contribution in [3.05, 3.63) is 176 Å². The number of carboxylic acids is 1. The van der Waals surface area contributed by atoms with Crippen LogP contribution in [-0.4, -0.2) is 199 Å². The maximum absolute atomic E-state index is 16.0. The van der Waals surface area contributed by atoms with Gasteiger partial charge >= 0.3 is 5.97 Å². The predicted molar refractivity (Wildman–Crippen MR) is 410 cm³/mol. The summed E-state index contributed by atoms with van der Waals surface area (Å²) in [6.45, 7) is 1.99. The Kier molecular flexibility index (Phi) is 26.9. The SMILES string of the molecule is CN[C@H](CC(C)C)C(=O)N[C@H]1C(=O)N[C@@H](CC(N)=O)C(=O)N[C@H]2C(=O)N[C@H]3C(=O)N[C@H](C(=O)N[C@H](C(=O)O)c4cc(O)cc(O)c4-c4cc3ccc4O)[C@H](O)c3ccc(c(Cl)c3)Oc3cc2cc(c3OCCO[C@@H]2O[C@H](CO)[C@@H](O)[C@H](O)[C@H]2O[C@H]2C[C@@H](NCc3ccc(-c4ccc(Cl)cc4)cc3)C[C@H](O)O2)Oc2ccc(cc2Cl)[C@H]1O. The lowest BCUT2D eigenvalue weighted by atomic mass is 9.89. The summed E-state index contributed by atoms with van der Waals surface area (Å²) in [5.74, 6) is -15.2. The van der Waals surface area contributed by atoms with Crippen LogP contribution in [0, 0.1) is 5.92 Å². The van der Waals surface area contributed by atoms with Crippen LogP contribution in [0.3, 0.4) is 0 Å². The zero-order valence-corrected chi connectivity index (χ0v) is 64.2. The zero-order valence-electron chi connectivity index (χ0n) is 62.0. The van der Waals surface area contributed by atoms with Gasteiger partial charge in [-0.15, -0.1) is 0 Å². The third kappa shape index (κ3) is 19.4. The van der Waals surface area contributed by atoms with E-state index in [1.165, 1.54) is 37.4 Å². The number of halogens is 3. The first kappa shape index (κ1) is 84.9. The fourth-order valence-electron chi connectivity index (χ4n) is 14.1. The lowest BCUT2D eigenvalue weighted by Crippen LogP contribution is -2.61. The summed E-state index contributed by atoms with van der Waals surface area (Å²) in [4.78, 5) is 117. The second-order valence-corrected chi connectivity index (χ2v) is 29.9. The van der Waals surface area contributed by atoms with Gasteiger partial charge in [0, 0.05) is 53.2 Å². The molecule has 20 N–H and O–H groups in total. The highest BCUT2D eigenvalue weighted by atomic mass is 35.5. The molecule has 11 bridgehead atoms. The second-order valence-electron chi connectivity index (χ2n) is 28.7. The smallest absolute Gasteiger partial charge is 0.330 e. The van der Waals surface area contributed by atoms with Gasteiger partial charge in [0.2, 0.25) is 47.1 Å². The topological polar surface area (TPSA) is 526 Å². The molecule has 7 aliphatic rings. The highest BCUT2D eigenvalue weighted by molar-refractivity contribution is 6.32. The third-order valence-electron chi connectivity index (χ3n) is 20.1. The van der Waals surface area contributed by atoms with E-state index in [1.54, 1.807) is 12.1 Å². The predicted octanol–water partition coefficient (Wildman–Crippen LogP) is 3.84. The number of likely N-dealkylation sites (N-methyl/N-ethyl adjacent to an activating group) is 1. The van der Waals surface area contributed by atoms with Gasteiger partial charge in [0.15, 0.2) is 36.4 Å². The number of carbonyl (C=O) groups excluding carboxylic acids is 7. The number of phenols is 3. The summed E-state index contributed by atoms with van der Waals surface area (Å²) >= 11 is 20.3. The Morgan fingerprint density at radius 3 is 1.88 bits per heavy atom. The molecule has 2 fully saturated rings. The molecule has 2 saturated heterocycles.